The van der Waals surface area contributed by atoms with Gasteiger partial charge >= 0.3 is 0 Å². The molecule has 4 aromatic rings. The summed E-state index contributed by atoms with van der Waals surface area (Å²) in [5.74, 6) is -0.0421. The van der Waals surface area contributed by atoms with Crippen molar-refractivity contribution in [2.45, 2.75) is 0 Å². The van der Waals surface area contributed by atoms with E-state index in [9.17, 15) is 15.0 Å². The van der Waals surface area contributed by atoms with Crippen molar-refractivity contribution in [3.63, 3.8) is 0 Å². The topological polar surface area (TPSA) is 83.8 Å². The van der Waals surface area contributed by atoms with Gasteiger partial charge in [-0.2, -0.15) is 0 Å². The average molecular weight is 268 g/mol. The van der Waals surface area contributed by atoms with Gasteiger partial charge in [0.15, 0.2) is 16.8 Å². The van der Waals surface area contributed by atoms with E-state index in [1.807, 2.05) is 0 Å². The molecule has 2 aromatic heterocycles. The van der Waals surface area contributed by atoms with Crippen molar-refractivity contribution in [3.05, 3.63) is 46.6 Å². The third-order valence-corrected chi connectivity index (χ3v) is 3.26. The molecule has 5 heteroatoms. The molecule has 0 saturated carbocycles. The smallest absolute Gasteiger partial charge is 0.213 e. The average Bonchev–Trinajstić information content (AvgIpc) is 2.76. The molecule has 0 bridgehead atoms. The number of aromatic hydroxyl groups is 2. The Kier molecular flexibility index (Phi) is 1.93. The van der Waals surface area contributed by atoms with Gasteiger partial charge in [0.05, 0.1) is 10.8 Å². The Labute approximate surface area is 111 Å². The van der Waals surface area contributed by atoms with E-state index < -0.39 is 0 Å². The highest BCUT2D eigenvalue weighted by Gasteiger charge is 2.17. The van der Waals surface area contributed by atoms with Crippen molar-refractivity contribution >= 4 is 33.1 Å². The first-order valence-electron chi connectivity index (χ1n) is 5.94. The lowest BCUT2D eigenvalue weighted by Gasteiger charge is -2.01. The van der Waals surface area contributed by atoms with E-state index >= 15 is 0 Å². The summed E-state index contributed by atoms with van der Waals surface area (Å²) < 4.78 is 11.2. The Hall–Kier alpha value is -2.95. The molecule has 0 aliphatic carbocycles. The highest BCUT2D eigenvalue weighted by atomic mass is 16.4. The molecule has 98 valence electrons. The van der Waals surface area contributed by atoms with Gasteiger partial charge in [0.2, 0.25) is 5.58 Å². The molecule has 4 rings (SSSR count). The zero-order valence-electron chi connectivity index (χ0n) is 10.1. The maximum Gasteiger partial charge on any atom is 0.213 e. The molecule has 20 heavy (non-hydrogen) atoms. The van der Waals surface area contributed by atoms with Crippen molar-refractivity contribution in [1.82, 2.24) is 0 Å². The summed E-state index contributed by atoms with van der Waals surface area (Å²) in [6.45, 7) is 0. The van der Waals surface area contributed by atoms with E-state index in [2.05, 4.69) is 0 Å². The molecular formula is C15H8O5. The third kappa shape index (κ3) is 1.34. The Morgan fingerprint density at radius 3 is 2.35 bits per heavy atom. The summed E-state index contributed by atoms with van der Waals surface area (Å²) in [5, 5.41) is 20.8. The van der Waals surface area contributed by atoms with Crippen molar-refractivity contribution in [1.29, 1.82) is 0 Å². The minimum Gasteiger partial charge on any atom is -0.508 e. The summed E-state index contributed by atoms with van der Waals surface area (Å²) in [7, 11) is 0. The lowest BCUT2D eigenvalue weighted by molar-refractivity contribution is 0.467. The van der Waals surface area contributed by atoms with Gasteiger partial charge in [-0.25, -0.2) is 0 Å². The van der Waals surface area contributed by atoms with Crippen LogP contribution in [0.25, 0.3) is 33.1 Å². The second-order valence-corrected chi connectivity index (χ2v) is 4.55. The number of rotatable bonds is 0. The van der Waals surface area contributed by atoms with Gasteiger partial charge in [0.25, 0.3) is 0 Å². The number of hydrogen-bond donors (Lipinski definition) is 2. The van der Waals surface area contributed by atoms with Crippen LogP contribution in [0.2, 0.25) is 0 Å². The highest BCUT2D eigenvalue weighted by molar-refractivity contribution is 6.07. The molecule has 0 unspecified atom stereocenters. The maximum absolute atomic E-state index is 11.3. The van der Waals surface area contributed by atoms with Crippen LogP contribution in [0.4, 0.5) is 0 Å². The highest BCUT2D eigenvalue weighted by Crippen LogP contribution is 2.39. The number of hydrogen-bond acceptors (Lipinski definition) is 5. The first kappa shape index (κ1) is 10.9. The summed E-state index contributed by atoms with van der Waals surface area (Å²) in [6.07, 6.45) is 0. The molecule has 5 nitrogen and oxygen atoms in total. The number of phenols is 1. The Morgan fingerprint density at radius 1 is 0.800 bits per heavy atom. The number of furan rings is 1. The van der Waals surface area contributed by atoms with E-state index in [1.165, 1.54) is 30.3 Å². The molecule has 0 radical (unpaired) electrons. The minimum absolute atomic E-state index is 0.0367. The predicted molar refractivity (Wildman–Crippen MR) is 73.1 cm³/mol. The fourth-order valence-electron chi connectivity index (χ4n) is 2.33. The van der Waals surface area contributed by atoms with Gasteiger partial charge in [-0.1, -0.05) is 0 Å². The molecular weight excluding hydrogens is 260 g/mol. The lowest BCUT2D eigenvalue weighted by atomic mass is 10.2. The fraction of sp³-hybridized carbons (Fsp3) is 0. The molecule has 2 heterocycles. The molecule has 0 spiro atoms. The normalized spacial score (nSPS) is 11.6. The standard InChI is InChI=1S/C15H8O5/c16-7-1-3-9-11(5-7)19-14-10-4-2-8(17)6-12(10)20-15(14)13(9)18/h1-6,16,18H. The van der Waals surface area contributed by atoms with Gasteiger partial charge in [-0.15, -0.1) is 0 Å². The molecule has 0 aliphatic rings. The quantitative estimate of drug-likeness (QED) is 0.512. The number of benzene rings is 2. The van der Waals surface area contributed by atoms with Crippen LogP contribution in [0, 0.1) is 0 Å². The zero-order valence-corrected chi connectivity index (χ0v) is 10.1. The molecule has 0 amide bonds. The van der Waals surface area contributed by atoms with Crippen molar-refractivity contribution in [3.8, 4) is 11.5 Å². The fourth-order valence-corrected chi connectivity index (χ4v) is 2.33. The van der Waals surface area contributed by atoms with Crippen molar-refractivity contribution in [2.24, 2.45) is 0 Å². The van der Waals surface area contributed by atoms with Gasteiger partial charge < -0.3 is 19.0 Å². The van der Waals surface area contributed by atoms with Crippen LogP contribution in [0.1, 0.15) is 0 Å². The second kappa shape index (κ2) is 3.54. The lowest BCUT2D eigenvalue weighted by Crippen LogP contribution is -1.92. The first-order valence-corrected chi connectivity index (χ1v) is 5.94. The molecule has 0 aliphatic heterocycles. The third-order valence-electron chi connectivity index (χ3n) is 3.26. The molecule has 2 N–H and O–H groups in total. The Bertz CT molecular complexity index is 1040. The summed E-state index contributed by atoms with van der Waals surface area (Å²) >= 11 is 0. The van der Waals surface area contributed by atoms with E-state index in [-0.39, 0.29) is 22.5 Å². The second-order valence-electron chi connectivity index (χ2n) is 4.55. The monoisotopic (exact) mass is 268 g/mol. The SMILES string of the molecule is O=c1ccc2c(c1)oc1c(O)c3ccc(O)cc3oc12. The van der Waals surface area contributed by atoms with E-state index in [0.717, 1.165) is 0 Å². The van der Waals surface area contributed by atoms with Crippen LogP contribution < -0.4 is 5.43 Å². The Balaban J connectivity index is 2.29. The minimum atomic E-state index is -0.182. The van der Waals surface area contributed by atoms with Crippen LogP contribution in [0.3, 0.4) is 0 Å². The first-order chi connectivity index (χ1) is 9.63. The molecule has 0 fully saturated rings. The van der Waals surface area contributed by atoms with Crippen LogP contribution in [0.15, 0.2) is 50.0 Å². The summed E-state index contributed by atoms with van der Waals surface area (Å²) in [5.41, 5.74) is 1.03. The number of fused-ring (bicyclic) bond motifs is 4. The van der Waals surface area contributed by atoms with Crippen LogP contribution in [-0.2, 0) is 0 Å². The number of phenolic OH excluding ortho intramolecular Hbond substituents is 1. The maximum atomic E-state index is 11.3. The van der Waals surface area contributed by atoms with E-state index in [1.54, 1.807) is 6.07 Å². The molecule has 2 aromatic carbocycles. The largest absolute Gasteiger partial charge is 0.508 e. The predicted octanol–water partition coefficient (Wildman–Crippen LogP) is 3.10. The van der Waals surface area contributed by atoms with Crippen LogP contribution in [0.5, 0.6) is 11.5 Å². The summed E-state index contributed by atoms with van der Waals surface area (Å²) in [4.78, 5) is 11.3. The molecule has 0 atom stereocenters. The van der Waals surface area contributed by atoms with Crippen LogP contribution >= 0.6 is 0 Å². The van der Waals surface area contributed by atoms with Crippen LogP contribution in [-0.4, -0.2) is 10.2 Å². The van der Waals surface area contributed by atoms with Gasteiger partial charge in [-0.3, -0.25) is 4.79 Å². The zero-order chi connectivity index (χ0) is 13.9. The Morgan fingerprint density at radius 2 is 1.50 bits per heavy atom. The van der Waals surface area contributed by atoms with Crippen molar-refractivity contribution in [2.75, 3.05) is 0 Å². The molecule has 0 saturated heterocycles. The van der Waals surface area contributed by atoms with Gasteiger partial charge in [0.1, 0.15) is 16.9 Å². The van der Waals surface area contributed by atoms with Crippen molar-refractivity contribution < 1.29 is 19.0 Å². The van der Waals surface area contributed by atoms with Gasteiger partial charge in [0, 0.05) is 12.1 Å². The van der Waals surface area contributed by atoms with Gasteiger partial charge in [-0.05, 0) is 24.3 Å². The van der Waals surface area contributed by atoms with E-state index in [4.69, 9.17) is 8.83 Å². The summed E-state index contributed by atoms with van der Waals surface area (Å²) in [6, 6.07) is 8.72. The van der Waals surface area contributed by atoms with E-state index in [0.29, 0.717) is 27.5 Å².